The van der Waals surface area contributed by atoms with Gasteiger partial charge in [-0.1, -0.05) is 0 Å². The Morgan fingerprint density at radius 3 is 2.76 bits per heavy atom. The van der Waals surface area contributed by atoms with Gasteiger partial charge in [-0.2, -0.15) is 0 Å². The predicted molar refractivity (Wildman–Crippen MR) is 95.3 cm³/mol. The molecule has 7 nitrogen and oxygen atoms in total. The molecule has 1 saturated heterocycles. The summed E-state index contributed by atoms with van der Waals surface area (Å²) in [5.41, 5.74) is 1.49. The van der Waals surface area contributed by atoms with Gasteiger partial charge in [0.05, 0.1) is 18.1 Å². The molecule has 7 heteroatoms. The maximum Gasteiger partial charge on any atom is 0.272 e. The van der Waals surface area contributed by atoms with Gasteiger partial charge < -0.3 is 9.80 Å². The lowest BCUT2D eigenvalue weighted by molar-refractivity contribution is 0.0754. The first-order valence-electron chi connectivity index (χ1n) is 8.67. The summed E-state index contributed by atoms with van der Waals surface area (Å²) >= 11 is 0. The number of likely N-dealkylation sites (tertiary alicyclic amines) is 1. The molecular weight excluding hydrogens is 316 g/mol. The highest BCUT2D eigenvalue weighted by Gasteiger charge is 2.22. The third-order valence-corrected chi connectivity index (χ3v) is 4.58. The van der Waals surface area contributed by atoms with Gasteiger partial charge in [-0.3, -0.25) is 9.78 Å². The van der Waals surface area contributed by atoms with E-state index in [0.717, 1.165) is 50.3 Å². The Bertz CT molecular complexity index is 688. The molecule has 3 heterocycles. The fraction of sp³-hybridized carbons (Fsp3) is 0.500. The molecule has 0 aliphatic carbocycles. The Labute approximate surface area is 148 Å². The second-order valence-electron chi connectivity index (χ2n) is 6.65. The summed E-state index contributed by atoms with van der Waals surface area (Å²) in [4.78, 5) is 33.3. The van der Waals surface area contributed by atoms with Crippen molar-refractivity contribution in [1.82, 2.24) is 24.8 Å². The molecule has 1 fully saturated rings. The molecule has 1 aliphatic rings. The molecule has 0 saturated carbocycles. The van der Waals surface area contributed by atoms with Gasteiger partial charge in [-0.05, 0) is 37.7 Å². The summed E-state index contributed by atoms with van der Waals surface area (Å²) in [6, 6.07) is 1.67. The van der Waals surface area contributed by atoms with E-state index < -0.39 is 0 Å². The highest BCUT2D eigenvalue weighted by molar-refractivity contribution is 5.92. The van der Waals surface area contributed by atoms with Crippen molar-refractivity contribution in [2.24, 2.45) is 5.92 Å². The topological polar surface area (TPSA) is 75.1 Å². The van der Waals surface area contributed by atoms with Crippen molar-refractivity contribution in [2.75, 3.05) is 32.1 Å². The van der Waals surface area contributed by atoms with Crippen LogP contribution in [0, 0.1) is 5.92 Å². The maximum absolute atomic E-state index is 12.5. The average molecular weight is 340 g/mol. The molecule has 2 aromatic heterocycles. The van der Waals surface area contributed by atoms with E-state index in [-0.39, 0.29) is 5.91 Å². The SMILES string of the molecule is CN(C)c1cnc(C[C@@H]2CCCN(C(=O)c3ccncn3)CC2)cn1. The third kappa shape index (κ3) is 4.49. The van der Waals surface area contributed by atoms with Gasteiger partial charge in [-0.25, -0.2) is 15.0 Å². The Morgan fingerprint density at radius 1 is 1.20 bits per heavy atom. The van der Waals surface area contributed by atoms with Crippen molar-refractivity contribution in [3.05, 3.63) is 42.4 Å². The lowest BCUT2D eigenvalue weighted by atomic mass is 9.95. The first-order chi connectivity index (χ1) is 12.1. The zero-order valence-corrected chi connectivity index (χ0v) is 14.8. The fourth-order valence-corrected chi connectivity index (χ4v) is 3.13. The van der Waals surface area contributed by atoms with Crippen LogP contribution in [-0.4, -0.2) is 57.9 Å². The van der Waals surface area contributed by atoms with Crippen LogP contribution in [-0.2, 0) is 6.42 Å². The third-order valence-electron chi connectivity index (χ3n) is 4.58. The van der Waals surface area contributed by atoms with E-state index in [1.54, 1.807) is 12.3 Å². The standard InChI is InChI=1S/C18H24N6O/c1-23(2)17-12-20-15(11-21-17)10-14-4-3-8-24(9-6-14)18(25)16-5-7-19-13-22-16/h5,7,11-14H,3-4,6,8-10H2,1-2H3/t14-/m1/s1. The quantitative estimate of drug-likeness (QED) is 0.845. The van der Waals surface area contributed by atoms with E-state index in [9.17, 15) is 4.79 Å². The van der Waals surface area contributed by atoms with Gasteiger partial charge in [0.25, 0.3) is 5.91 Å². The van der Waals surface area contributed by atoms with E-state index in [1.165, 1.54) is 6.33 Å². The Morgan fingerprint density at radius 2 is 2.08 bits per heavy atom. The summed E-state index contributed by atoms with van der Waals surface area (Å²) in [6.45, 7) is 1.54. The van der Waals surface area contributed by atoms with Crippen LogP contribution in [0.25, 0.3) is 0 Å². The zero-order chi connectivity index (χ0) is 17.6. The van der Waals surface area contributed by atoms with Gasteiger partial charge in [-0.15, -0.1) is 0 Å². The number of carbonyl (C=O) groups excluding carboxylic acids is 1. The maximum atomic E-state index is 12.5. The van der Waals surface area contributed by atoms with Crippen LogP contribution in [0.2, 0.25) is 0 Å². The molecule has 1 aliphatic heterocycles. The summed E-state index contributed by atoms with van der Waals surface area (Å²) < 4.78 is 0. The highest BCUT2D eigenvalue weighted by atomic mass is 16.2. The van der Waals surface area contributed by atoms with Crippen molar-refractivity contribution in [3.63, 3.8) is 0 Å². The second-order valence-corrected chi connectivity index (χ2v) is 6.65. The number of hydrogen-bond acceptors (Lipinski definition) is 6. The largest absolute Gasteiger partial charge is 0.361 e. The van der Waals surface area contributed by atoms with Gasteiger partial charge in [0.15, 0.2) is 0 Å². The van der Waals surface area contributed by atoms with Gasteiger partial charge in [0.2, 0.25) is 0 Å². The molecule has 25 heavy (non-hydrogen) atoms. The monoisotopic (exact) mass is 340 g/mol. The second kappa shape index (κ2) is 8.00. The summed E-state index contributed by atoms with van der Waals surface area (Å²) in [5.74, 6) is 1.40. The van der Waals surface area contributed by atoms with Crippen molar-refractivity contribution in [1.29, 1.82) is 0 Å². The van der Waals surface area contributed by atoms with Crippen LogP contribution in [0.1, 0.15) is 35.4 Å². The molecule has 0 radical (unpaired) electrons. The molecule has 1 atom stereocenters. The highest BCUT2D eigenvalue weighted by Crippen LogP contribution is 2.22. The van der Waals surface area contributed by atoms with Crippen molar-refractivity contribution in [3.8, 4) is 0 Å². The van der Waals surface area contributed by atoms with Gasteiger partial charge in [0.1, 0.15) is 17.8 Å². The molecule has 1 amide bonds. The van der Waals surface area contributed by atoms with Crippen LogP contribution >= 0.6 is 0 Å². The van der Waals surface area contributed by atoms with E-state index in [4.69, 9.17) is 0 Å². The number of amides is 1. The first-order valence-corrected chi connectivity index (χ1v) is 8.67. The molecule has 0 spiro atoms. The minimum Gasteiger partial charge on any atom is -0.361 e. The minimum absolute atomic E-state index is 0.00169. The summed E-state index contributed by atoms with van der Waals surface area (Å²) in [6.07, 6.45) is 10.7. The summed E-state index contributed by atoms with van der Waals surface area (Å²) in [7, 11) is 3.91. The lowest BCUT2D eigenvalue weighted by Gasteiger charge is -2.20. The van der Waals surface area contributed by atoms with Gasteiger partial charge >= 0.3 is 0 Å². The van der Waals surface area contributed by atoms with Crippen molar-refractivity contribution >= 4 is 11.7 Å². The van der Waals surface area contributed by atoms with Crippen LogP contribution in [0.4, 0.5) is 5.82 Å². The summed E-state index contributed by atoms with van der Waals surface area (Å²) in [5, 5.41) is 0. The molecule has 2 aromatic rings. The number of rotatable bonds is 4. The van der Waals surface area contributed by atoms with E-state index in [2.05, 4.69) is 19.9 Å². The van der Waals surface area contributed by atoms with E-state index >= 15 is 0 Å². The molecule has 0 N–H and O–H groups in total. The number of carbonyl (C=O) groups is 1. The molecule has 0 aromatic carbocycles. The Balaban J connectivity index is 1.57. The Hall–Kier alpha value is -2.57. The van der Waals surface area contributed by atoms with Gasteiger partial charge in [0, 0.05) is 33.4 Å². The van der Waals surface area contributed by atoms with Crippen molar-refractivity contribution < 1.29 is 4.79 Å². The lowest BCUT2D eigenvalue weighted by Crippen LogP contribution is -2.32. The molecule has 132 valence electrons. The van der Waals surface area contributed by atoms with Crippen LogP contribution in [0.3, 0.4) is 0 Å². The number of nitrogens with zero attached hydrogens (tertiary/aromatic N) is 6. The number of hydrogen-bond donors (Lipinski definition) is 0. The molecule has 0 bridgehead atoms. The van der Waals surface area contributed by atoms with Crippen LogP contribution < -0.4 is 4.90 Å². The smallest absolute Gasteiger partial charge is 0.272 e. The van der Waals surface area contributed by atoms with Crippen LogP contribution in [0.15, 0.2) is 31.0 Å². The number of aromatic nitrogens is 4. The minimum atomic E-state index is -0.00169. The fourth-order valence-electron chi connectivity index (χ4n) is 3.13. The normalized spacial score (nSPS) is 17.8. The van der Waals surface area contributed by atoms with Crippen LogP contribution in [0.5, 0.6) is 0 Å². The van der Waals surface area contributed by atoms with E-state index in [0.29, 0.717) is 11.6 Å². The Kier molecular flexibility index (Phi) is 5.53. The molecule has 3 rings (SSSR count). The predicted octanol–water partition coefficient (Wildman–Crippen LogP) is 1.82. The van der Waals surface area contributed by atoms with Crippen molar-refractivity contribution in [2.45, 2.75) is 25.7 Å². The van der Waals surface area contributed by atoms with E-state index in [1.807, 2.05) is 36.3 Å². The molecule has 0 unspecified atom stereocenters. The average Bonchev–Trinajstić information content (AvgIpc) is 2.88. The number of anilines is 1. The first kappa shape index (κ1) is 17.3. The zero-order valence-electron chi connectivity index (χ0n) is 14.8. The molecular formula is C18H24N6O.